The summed E-state index contributed by atoms with van der Waals surface area (Å²) in [7, 11) is 3.38. The molecular formula is C21H21N3O2S2. The lowest BCUT2D eigenvalue weighted by molar-refractivity contribution is 0.410. The summed E-state index contributed by atoms with van der Waals surface area (Å²) in [6.07, 6.45) is 2.20. The van der Waals surface area contributed by atoms with E-state index in [2.05, 4.69) is 29.2 Å². The van der Waals surface area contributed by atoms with Gasteiger partial charge in [0.05, 0.1) is 29.4 Å². The lowest BCUT2D eigenvalue weighted by Crippen LogP contribution is -2.32. The van der Waals surface area contributed by atoms with E-state index in [0.29, 0.717) is 5.92 Å². The molecule has 1 aliphatic heterocycles. The van der Waals surface area contributed by atoms with Crippen molar-refractivity contribution in [2.45, 2.75) is 18.8 Å². The Bertz CT molecular complexity index is 1060. The SMILES string of the molecule is COc1ccc(OC)c2sc(N3CCC(c4nc5ccccc5s4)CC3)nc12. The smallest absolute Gasteiger partial charge is 0.186 e. The van der Waals surface area contributed by atoms with Gasteiger partial charge >= 0.3 is 0 Å². The number of hydrogen-bond donors (Lipinski definition) is 0. The number of methoxy groups -OCH3 is 2. The number of nitrogens with zero attached hydrogens (tertiary/aromatic N) is 3. The molecule has 2 aromatic heterocycles. The minimum atomic E-state index is 0.534. The van der Waals surface area contributed by atoms with E-state index in [-0.39, 0.29) is 0 Å². The summed E-state index contributed by atoms with van der Waals surface area (Å²) in [5, 5.41) is 2.31. The molecule has 1 fully saturated rings. The quantitative estimate of drug-likeness (QED) is 0.456. The molecule has 0 saturated carbocycles. The molecule has 7 heteroatoms. The number of ether oxygens (including phenoxy) is 2. The van der Waals surface area contributed by atoms with Gasteiger partial charge in [-0.05, 0) is 37.1 Å². The van der Waals surface area contributed by atoms with Gasteiger partial charge in [-0.2, -0.15) is 0 Å². The van der Waals surface area contributed by atoms with E-state index < -0.39 is 0 Å². The molecule has 1 saturated heterocycles. The first-order chi connectivity index (χ1) is 13.8. The van der Waals surface area contributed by atoms with E-state index in [9.17, 15) is 0 Å². The molecule has 0 unspecified atom stereocenters. The van der Waals surface area contributed by atoms with Crippen LogP contribution in [-0.2, 0) is 0 Å². The van der Waals surface area contributed by atoms with Gasteiger partial charge < -0.3 is 14.4 Å². The summed E-state index contributed by atoms with van der Waals surface area (Å²) in [6.45, 7) is 1.98. The van der Waals surface area contributed by atoms with Crippen molar-refractivity contribution in [1.29, 1.82) is 0 Å². The zero-order valence-electron chi connectivity index (χ0n) is 15.8. The highest BCUT2D eigenvalue weighted by Gasteiger charge is 2.26. The zero-order chi connectivity index (χ0) is 19.1. The van der Waals surface area contributed by atoms with Crippen LogP contribution in [0.2, 0.25) is 0 Å². The van der Waals surface area contributed by atoms with Gasteiger partial charge in [0.1, 0.15) is 21.7 Å². The van der Waals surface area contributed by atoms with Crippen molar-refractivity contribution in [2.24, 2.45) is 0 Å². The molecule has 0 bridgehead atoms. The predicted molar refractivity (Wildman–Crippen MR) is 117 cm³/mol. The van der Waals surface area contributed by atoms with E-state index in [4.69, 9.17) is 19.4 Å². The van der Waals surface area contributed by atoms with E-state index >= 15 is 0 Å². The molecule has 0 radical (unpaired) electrons. The number of aromatic nitrogens is 2. The molecule has 0 spiro atoms. The second-order valence-corrected chi connectivity index (χ2v) is 8.97. The molecule has 0 atom stereocenters. The maximum absolute atomic E-state index is 5.52. The number of thiazole rings is 2. The Hall–Kier alpha value is -2.38. The van der Waals surface area contributed by atoms with Gasteiger partial charge in [-0.1, -0.05) is 23.5 Å². The van der Waals surface area contributed by atoms with Crippen LogP contribution >= 0.6 is 22.7 Å². The third-order valence-corrected chi connectivity index (χ3v) is 7.65. The summed E-state index contributed by atoms with van der Waals surface area (Å²) in [4.78, 5) is 12.1. The lowest BCUT2D eigenvalue weighted by Gasteiger charge is -2.30. The summed E-state index contributed by atoms with van der Waals surface area (Å²) in [5.41, 5.74) is 2.01. The lowest BCUT2D eigenvalue weighted by atomic mass is 9.98. The summed E-state index contributed by atoms with van der Waals surface area (Å²) in [6, 6.07) is 12.3. The minimum Gasteiger partial charge on any atom is -0.495 e. The molecule has 5 rings (SSSR count). The van der Waals surface area contributed by atoms with Crippen molar-refractivity contribution in [2.75, 3.05) is 32.2 Å². The van der Waals surface area contributed by atoms with Crippen molar-refractivity contribution >= 4 is 48.2 Å². The van der Waals surface area contributed by atoms with Crippen molar-refractivity contribution in [3.63, 3.8) is 0 Å². The number of hydrogen-bond acceptors (Lipinski definition) is 7. The van der Waals surface area contributed by atoms with Crippen LogP contribution in [0.1, 0.15) is 23.8 Å². The van der Waals surface area contributed by atoms with Gasteiger partial charge in [0.25, 0.3) is 0 Å². The highest BCUT2D eigenvalue weighted by atomic mass is 32.1. The maximum Gasteiger partial charge on any atom is 0.186 e. The fraction of sp³-hybridized carbons (Fsp3) is 0.333. The van der Waals surface area contributed by atoms with Crippen molar-refractivity contribution in [3.05, 3.63) is 41.4 Å². The normalized spacial score (nSPS) is 15.4. The van der Waals surface area contributed by atoms with Gasteiger partial charge in [0.2, 0.25) is 0 Å². The third kappa shape index (κ3) is 2.99. The largest absolute Gasteiger partial charge is 0.495 e. The number of piperidine rings is 1. The van der Waals surface area contributed by atoms with E-state index in [1.807, 2.05) is 23.5 Å². The van der Waals surface area contributed by atoms with Gasteiger partial charge in [0.15, 0.2) is 5.13 Å². The highest BCUT2D eigenvalue weighted by Crippen LogP contribution is 2.42. The number of anilines is 1. The average molecular weight is 412 g/mol. The molecule has 28 heavy (non-hydrogen) atoms. The van der Waals surface area contributed by atoms with E-state index in [0.717, 1.165) is 58.3 Å². The second-order valence-electron chi connectivity index (χ2n) is 6.93. The molecule has 0 aliphatic carbocycles. The fourth-order valence-corrected chi connectivity index (χ4v) is 6.05. The van der Waals surface area contributed by atoms with Crippen molar-refractivity contribution < 1.29 is 9.47 Å². The van der Waals surface area contributed by atoms with Crippen LogP contribution in [0.25, 0.3) is 20.4 Å². The number of para-hydroxylation sites is 1. The molecular weight excluding hydrogens is 390 g/mol. The molecule has 2 aromatic carbocycles. The van der Waals surface area contributed by atoms with E-state index in [1.165, 1.54) is 9.71 Å². The van der Waals surface area contributed by atoms with Crippen molar-refractivity contribution in [1.82, 2.24) is 9.97 Å². The zero-order valence-corrected chi connectivity index (χ0v) is 17.5. The fourth-order valence-electron chi connectivity index (χ4n) is 3.79. The Labute approximate surface area is 171 Å². The van der Waals surface area contributed by atoms with Crippen LogP contribution in [0.5, 0.6) is 11.5 Å². The van der Waals surface area contributed by atoms with Crippen LogP contribution in [0.3, 0.4) is 0 Å². The Morgan fingerprint density at radius 2 is 1.68 bits per heavy atom. The Balaban J connectivity index is 1.38. The molecule has 0 N–H and O–H groups in total. The Morgan fingerprint density at radius 1 is 0.929 bits per heavy atom. The van der Waals surface area contributed by atoms with Crippen LogP contribution in [0.4, 0.5) is 5.13 Å². The van der Waals surface area contributed by atoms with E-state index in [1.54, 1.807) is 25.6 Å². The molecule has 3 heterocycles. The Morgan fingerprint density at radius 3 is 2.43 bits per heavy atom. The van der Waals surface area contributed by atoms with Crippen LogP contribution in [0.15, 0.2) is 36.4 Å². The minimum absolute atomic E-state index is 0.534. The average Bonchev–Trinajstić information content (AvgIpc) is 3.38. The molecule has 5 nitrogen and oxygen atoms in total. The number of rotatable bonds is 4. The highest BCUT2D eigenvalue weighted by molar-refractivity contribution is 7.22. The van der Waals surface area contributed by atoms with Gasteiger partial charge in [0, 0.05) is 19.0 Å². The molecule has 0 amide bonds. The van der Waals surface area contributed by atoms with Gasteiger partial charge in [-0.25, -0.2) is 9.97 Å². The molecule has 4 aromatic rings. The summed E-state index contributed by atoms with van der Waals surface area (Å²) < 4.78 is 13.3. The monoisotopic (exact) mass is 411 g/mol. The van der Waals surface area contributed by atoms with Crippen LogP contribution in [0, 0.1) is 0 Å². The number of benzene rings is 2. The number of fused-ring (bicyclic) bond motifs is 2. The second kappa shape index (κ2) is 7.22. The Kier molecular flexibility index (Phi) is 4.56. The first kappa shape index (κ1) is 17.7. The first-order valence-electron chi connectivity index (χ1n) is 9.38. The third-order valence-electron chi connectivity index (χ3n) is 5.32. The summed E-state index contributed by atoms with van der Waals surface area (Å²) in [5.74, 6) is 2.18. The van der Waals surface area contributed by atoms with Crippen LogP contribution < -0.4 is 14.4 Å². The summed E-state index contributed by atoms with van der Waals surface area (Å²) >= 11 is 3.52. The predicted octanol–water partition coefficient (Wildman–Crippen LogP) is 5.31. The molecule has 1 aliphatic rings. The van der Waals surface area contributed by atoms with Crippen LogP contribution in [-0.4, -0.2) is 37.3 Å². The topological polar surface area (TPSA) is 47.5 Å². The van der Waals surface area contributed by atoms with Crippen molar-refractivity contribution in [3.8, 4) is 11.5 Å². The first-order valence-corrected chi connectivity index (χ1v) is 11.0. The van der Waals surface area contributed by atoms with Gasteiger partial charge in [-0.3, -0.25) is 0 Å². The maximum atomic E-state index is 5.52. The van der Waals surface area contributed by atoms with Gasteiger partial charge in [-0.15, -0.1) is 11.3 Å². The molecule has 144 valence electrons. The standard InChI is InChI=1S/C21H21N3O2S2/c1-25-15-7-8-16(26-2)19-18(15)23-21(28-19)24-11-9-13(10-12-24)20-22-14-5-3-4-6-17(14)27-20/h3-8,13H,9-12H2,1-2H3.